The van der Waals surface area contributed by atoms with Crippen LogP contribution in [0, 0.1) is 0 Å². The maximum Gasteiger partial charge on any atom is 0.176 e. The molecule has 0 aromatic carbocycles. The van der Waals surface area contributed by atoms with Crippen molar-refractivity contribution in [3.8, 4) is 5.75 Å². The van der Waals surface area contributed by atoms with E-state index in [1.807, 2.05) is 0 Å². The van der Waals surface area contributed by atoms with Gasteiger partial charge in [-0.15, -0.1) is 0 Å². The van der Waals surface area contributed by atoms with Crippen LogP contribution in [-0.2, 0) is 0 Å². The second-order valence-corrected chi connectivity index (χ2v) is 1.88. The molecule has 0 aliphatic carbocycles. The number of furan rings is 1. The van der Waals surface area contributed by atoms with Gasteiger partial charge in [-0.1, -0.05) is 11.7 Å². The summed E-state index contributed by atoms with van der Waals surface area (Å²) in [5.74, 6) is 0.685. The van der Waals surface area contributed by atoms with Crippen molar-refractivity contribution in [2.45, 2.75) is 0 Å². The van der Waals surface area contributed by atoms with Gasteiger partial charge in [-0.25, -0.2) is 0 Å². The molecule has 0 N–H and O–H groups in total. The molecule has 0 saturated carbocycles. The molecule has 44 valence electrons. The van der Waals surface area contributed by atoms with Crippen molar-refractivity contribution in [3.63, 3.8) is 0 Å². The zero-order valence-corrected chi connectivity index (χ0v) is 5.61. The molecule has 0 unspecified atom stereocenters. The monoisotopic (exact) mass is 148 g/mol. The molecule has 0 fully saturated rings. The molecule has 0 aliphatic heterocycles. The average molecular weight is 148 g/mol. The van der Waals surface area contributed by atoms with Crippen LogP contribution in [0.5, 0.6) is 5.75 Å². The average Bonchev–Trinajstić information content (AvgIpc) is 2.19. The maximum absolute atomic E-state index is 4.83. The summed E-state index contributed by atoms with van der Waals surface area (Å²) < 4.78 is 9.53. The van der Waals surface area contributed by atoms with Gasteiger partial charge in [-0.05, 0) is 0 Å². The normalized spacial score (nSPS) is 9.12. The minimum Gasteiger partial charge on any atom is -0.469 e. The first-order valence-corrected chi connectivity index (χ1v) is 3.73. The lowest BCUT2D eigenvalue weighted by atomic mass is 10.6. The molecular weight excluding hydrogens is 144 g/mol. The van der Waals surface area contributed by atoms with Crippen molar-refractivity contribution in [1.29, 1.82) is 0 Å². The second-order valence-electron chi connectivity index (χ2n) is 1.12. The lowest BCUT2D eigenvalue weighted by molar-refractivity contribution is 0.548. The van der Waals surface area contributed by atoms with E-state index in [2.05, 4.69) is 11.7 Å². The summed E-state index contributed by atoms with van der Waals surface area (Å²) in [6.45, 7) is 0. The van der Waals surface area contributed by atoms with Crippen LogP contribution in [0.15, 0.2) is 23.0 Å². The summed E-state index contributed by atoms with van der Waals surface area (Å²) in [4.78, 5) is 0. The molecule has 0 radical (unpaired) electrons. The molecule has 2 nitrogen and oxygen atoms in total. The highest BCUT2D eigenvalue weighted by atomic mass is 33.1. The van der Waals surface area contributed by atoms with Crippen LogP contribution in [0.4, 0.5) is 0 Å². The van der Waals surface area contributed by atoms with Gasteiger partial charge in [-0.3, -0.25) is 0 Å². The molecule has 0 saturated heterocycles. The van der Waals surface area contributed by atoms with Crippen molar-refractivity contribution in [1.82, 2.24) is 0 Å². The molecule has 4 heteroatoms. The molecule has 0 spiro atoms. The third-order valence-electron chi connectivity index (χ3n) is 0.629. The van der Waals surface area contributed by atoms with Gasteiger partial charge < -0.3 is 8.60 Å². The fourth-order valence-electron chi connectivity index (χ4n) is 0.342. The van der Waals surface area contributed by atoms with Crippen molar-refractivity contribution in [3.05, 3.63) is 18.6 Å². The largest absolute Gasteiger partial charge is 0.469 e. The van der Waals surface area contributed by atoms with E-state index in [1.54, 1.807) is 12.3 Å². The second kappa shape index (κ2) is 2.94. The number of rotatable bonds is 2. The Morgan fingerprint density at radius 1 is 1.75 bits per heavy atom. The third-order valence-corrected chi connectivity index (χ3v) is 1.12. The van der Waals surface area contributed by atoms with Gasteiger partial charge in [0.25, 0.3) is 0 Å². The van der Waals surface area contributed by atoms with Gasteiger partial charge in [0.05, 0.1) is 6.26 Å². The van der Waals surface area contributed by atoms with E-state index in [-0.39, 0.29) is 0 Å². The van der Waals surface area contributed by atoms with Crippen LogP contribution < -0.4 is 4.18 Å². The number of thiol groups is 1. The summed E-state index contributed by atoms with van der Waals surface area (Å²) in [7, 11) is 0. The molecule has 1 aromatic rings. The summed E-state index contributed by atoms with van der Waals surface area (Å²) in [6.07, 6.45) is 3.04. The van der Waals surface area contributed by atoms with E-state index in [9.17, 15) is 0 Å². The Labute approximate surface area is 56.2 Å². The molecule has 8 heavy (non-hydrogen) atoms. The van der Waals surface area contributed by atoms with E-state index in [1.165, 1.54) is 6.26 Å². The highest BCUT2D eigenvalue weighted by molar-refractivity contribution is 8.66. The predicted molar refractivity (Wildman–Crippen MR) is 35.9 cm³/mol. The van der Waals surface area contributed by atoms with Crippen LogP contribution >= 0.6 is 22.7 Å². The van der Waals surface area contributed by atoms with Crippen LogP contribution in [0.2, 0.25) is 0 Å². The molecular formula is C4H4O2S2. The Hall–Kier alpha value is -0.220. The van der Waals surface area contributed by atoms with Crippen LogP contribution in [0.3, 0.4) is 0 Å². The SMILES string of the molecule is SSOc1ccoc1. The predicted octanol–water partition coefficient (Wildman–Crippen LogP) is 2.15. The Balaban J connectivity index is 2.50. The molecule has 1 aromatic heterocycles. The minimum absolute atomic E-state index is 0.685. The topological polar surface area (TPSA) is 22.4 Å². The quantitative estimate of drug-likeness (QED) is 0.394. The van der Waals surface area contributed by atoms with E-state index in [0.717, 1.165) is 11.1 Å². The summed E-state index contributed by atoms with van der Waals surface area (Å²) in [5.41, 5.74) is 0. The molecule has 1 heterocycles. The fraction of sp³-hybridized carbons (Fsp3) is 0. The van der Waals surface area contributed by atoms with Crippen molar-refractivity contribution < 1.29 is 8.60 Å². The van der Waals surface area contributed by atoms with E-state index < -0.39 is 0 Å². The first-order chi connectivity index (χ1) is 3.93. The first kappa shape index (κ1) is 5.91. The standard InChI is InChI=1S/C4H4O2S2/c7-8-6-4-1-2-5-3-4/h1-3,7H. The lowest BCUT2D eigenvalue weighted by Gasteiger charge is -1.88. The van der Waals surface area contributed by atoms with Gasteiger partial charge in [0, 0.05) is 6.07 Å². The van der Waals surface area contributed by atoms with E-state index in [4.69, 9.17) is 8.60 Å². The fourth-order valence-corrected chi connectivity index (χ4v) is 0.782. The van der Waals surface area contributed by atoms with Gasteiger partial charge >= 0.3 is 0 Å². The maximum atomic E-state index is 4.83. The Morgan fingerprint density at radius 2 is 2.62 bits per heavy atom. The van der Waals surface area contributed by atoms with Gasteiger partial charge in [0.15, 0.2) is 5.75 Å². The van der Waals surface area contributed by atoms with Crippen molar-refractivity contribution in [2.24, 2.45) is 0 Å². The number of hydrogen-bond acceptors (Lipinski definition) is 4. The molecule has 0 atom stereocenters. The van der Waals surface area contributed by atoms with Gasteiger partial charge in [-0.2, -0.15) is 0 Å². The smallest absolute Gasteiger partial charge is 0.176 e. The highest BCUT2D eigenvalue weighted by Gasteiger charge is 1.89. The first-order valence-electron chi connectivity index (χ1n) is 1.94. The van der Waals surface area contributed by atoms with Crippen LogP contribution in [0.25, 0.3) is 0 Å². The Kier molecular flexibility index (Phi) is 2.17. The lowest BCUT2D eigenvalue weighted by Crippen LogP contribution is -1.67. The van der Waals surface area contributed by atoms with Gasteiger partial charge in [0.1, 0.15) is 17.3 Å². The van der Waals surface area contributed by atoms with Crippen molar-refractivity contribution in [2.75, 3.05) is 0 Å². The molecule has 1 rings (SSSR count). The third kappa shape index (κ3) is 1.38. The molecule has 0 aliphatic rings. The zero-order chi connectivity index (χ0) is 5.82. The zero-order valence-electron chi connectivity index (χ0n) is 3.90. The highest BCUT2D eigenvalue weighted by Crippen LogP contribution is 2.17. The van der Waals surface area contributed by atoms with E-state index in [0.29, 0.717) is 5.75 Å². The van der Waals surface area contributed by atoms with Crippen molar-refractivity contribution >= 4 is 22.7 Å². The minimum atomic E-state index is 0.685. The summed E-state index contributed by atoms with van der Waals surface area (Å²) in [5, 5.41) is 0. The number of hydrogen-bond donors (Lipinski definition) is 1. The Morgan fingerprint density at radius 3 is 3.12 bits per heavy atom. The molecule has 0 bridgehead atoms. The van der Waals surface area contributed by atoms with Gasteiger partial charge in [0.2, 0.25) is 0 Å². The van der Waals surface area contributed by atoms with E-state index >= 15 is 0 Å². The van der Waals surface area contributed by atoms with Crippen LogP contribution in [0.1, 0.15) is 0 Å². The van der Waals surface area contributed by atoms with Crippen LogP contribution in [-0.4, -0.2) is 0 Å². The molecule has 0 amide bonds. The Bertz CT molecular complexity index is 138. The summed E-state index contributed by atoms with van der Waals surface area (Å²) >= 11 is 4.75. The summed E-state index contributed by atoms with van der Waals surface area (Å²) in [6, 6.07) is 1.71.